The van der Waals surface area contributed by atoms with Crippen LogP contribution in [0.25, 0.3) is 10.9 Å². The van der Waals surface area contributed by atoms with Gasteiger partial charge in [-0.1, -0.05) is 6.07 Å². The fourth-order valence-electron chi connectivity index (χ4n) is 4.80. The number of piperidine rings is 1. The number of fused-ring (bicyclic) bond motifs is 1. The third kappa shape index (κ3) is 3.92. The number of aryl methyl sites for hydroxylation is 2. The number of hydrogen-bond acceptors (Lipinski definition) is 5. The molecule has 28 heavy (non-hydrogen) atoms. The first kappa shape index (κ1) is 19.4. The van der Waals surface area contributed by atoms with Gasteiger partial charge in [0.05, 0.1) is 17.8 Å². The molecule has 2 aliphatic heterocycles. The van der Waals surface area contributed by atoms with Crippen molar-refractivity contribution in [2.45, 2.75) is 38.3 Å². The molecule has 1 aromatic carbocycles. The van der Waals surface area contributed by atoms with Crippen molar-refractivity contribution < 1.29 is 4.79 Å². The SMILES string of the molecule is Cc1cc(CC(N)C(=O)N2CCN(C3CCNCC3)CC2)cc2cnn(C)c12. The summed E-state index contributed by atoms with van der Waals surface area (Å²) in [4.78, 5) is 17.4. The smallest absolute Gasteiger partial charge is 0.239 e. The summed E-state index contributed by atoms with van der Waals surface area (Å²) < 4.78 is 1.89. The molecule has 152 valence electrons. The van der Waals surface area contributed by atoms with Gasteiger partial charge in [-0.05, 0) is 56.5 Å². The number of benzene rings is 1. The third-order valence-electron chi connectivity index (χ3n) is 6.31. The van der Waals surface area contributed by atoms with Crippen molar-refractivity contribution in [2.75, 3.05) is 39.3 Å². The van der Waals surface area contributed by atoms with E-state index in [-0.39, 0.29) is 5.91 Å². The quantitative estimate of drug-likeness (QED) is 0.809. The fraction of sp³-hybridized carbons (Fsp3) is 0.619. The minimum atomic E-state index is -0.487. The highest BCUT2D eigenvalue weighted by atomic mass is 16.2. The maximum atomic E-state index is 12.9. The highest BCUT2D eigenvalue weighted by Gasteiger charge is 2.29. The van der Waals surface area contributed by atoms with Crippen molar-refractivity contribution in [1.29, 1.82) is 0 Å². The van der Waals surface area contributed by atoms with E-state index in [2.05, 4.69) is 34.4 Å². The number of amides is 1. The molecule has 0 bridgehead atoms. The molecule has 0 aliphatic carbocycles. The molecule has 1 amide bonds. The van der Waals surface area contributed by atoms with Crippen LogP contribution in [0.3, 0.4) is 0 Å². The van der Waals surface area contributed by atoms with E-state index >= 15 is 0 Å². The highest BCUT2D eigenvalue weighted by Crippen LogP contribution is 2.21. The van der Waals surface area contributed by atoms with Gasteiger partial charge in [0.25, 0.3) is 0 Å². The number of nitrogens with two attached hydrogens (primary N) is 1. The summed E-state index contributed by atoms with van der Waals surface area (Å²) in [5.74, 6) is 0.0777. The van der Waals surface area contributed by atoms with Crippen LogP contribution < -0.4 is 11.1 Å². The molecular formula is C21H32N6O. The summed E-state index contributed by atoms with van der Waals surface area (Å²) >= 11 is 0. The Morgan fingerprint density at radius 3 is 2.68 bits per heavy atom. The standard InChI is InChI=1S/C21H32N6O/c1-15-11-16(12-17-14-24-25(2)20(15)17)13-19(22)21(28)27-9-7-26(8-10-27)18-3-5-23-6-4-18/h11-12,14,18-19,23H,3-10,13,22H2,1-2H3. The van der Waals surface area contributed by atoms with Crippen molar-refractivity contribution in [1.82, 2.24) is 24.9 Å². The number of hydrogen-bond donors (Lipinski definition) is 2. The summed E-state index contributed by atoms with van der Waals surface area (Å²) in [7, 11) is 1.95. The second-order valence-electron chi connectivity index (χ2n) is 8.27. The summed E-state index contributed by atoms with van der Waals surface area (Å²) in [6, 6.07) is 4.42. The van der Waals surface area contributed by atoms with Crippen LogP contribution in [0.2, 0.25) is 0 Å². The predicted molar refractivity (Wildman–Crippen MR) is 111 cm³/mol. The molecule has 2 aliphatic rings. The van der Waals surface area contributed by atoms with Crippen LogP contribution in [-0.4, -0.2) is 76.8 Å². The first-order valence-corrected chi connectivity index (χ1v) is 10.4. The molecule has 3 heterocycles. The number of nitrogens with one attached hydrogen (secondary N) is 1. The molecule has 0 radical (unpaired) electrons. The lowest BCUT2D eigenvalue weighted by Crippen LogP contribution is -2.56. The second kappa shape index (κ2) is 8.19. The number of nitrogens with zero attached hydrogens (tertiary/aromatic N) is 4. The van der Waals surface area contributed by atoms with Crippen LogP contribution in [0.15, 0.2) is 18.3 Å². The number of aromatic nitrogens is 2. The van der Waals surface area contributed by atoms with Crippen LogP contribution in [0.5, 0.6) is 0 Å². The van der Waals surface area contributed by atoms with Gasteiger partial charge < -0.3 is 16.0 Å². The van der Waals surface area contributed by atoms with Crippen LogP contribution in [0, 0.1) is 6.92 Å². The van der Waals surface area contributed by atoms with Crippen LogP contribution in [0.1, 0.15) is 24.0 Å². The Labute approximate surface area is 166 Å². The lowest BCUT2D eigenvalue weighted by atomic mass is 10.0. The molecule has 7 nitrogen and oxygen atoms in total. The van der Waals surface area contributed by atoms with Gasteiger partial charge in [0.1, 0.15) is 0 Å². The molecule has 3 N–H and O–H groups in total. The largest absolute Gasteiger partial charge is 0.339 e. The zero-order valence-corrected chi connectivity index (χ0v) is 17.0. The number of rotatable bonds is 4. The van der Waals surface area contributed by atoms with E-state index in [1.165, 1.54) is 18.4 Å². The molecular weight excluding hydrogens is 352 g/mol. The zero-order chi connectivity index (χ0) is 19.7. The molecule has 2 fully saturated rings. The highest BCUT2D eigenvalue weighted by molar-refractivity contribution is 5.84. The van der Waals surface area contributed by atoms with Crippen molar-refractivity contribution in [3.8, 4) is 0 Å². The van der Waals surface area contributed by atoms with Crippen molar-refractivity contribution >= 4 is 16.8 Å². The van der Waals surface area contributed by atoms with Crippen molar-refractivity contribution in [3.63, 3.8) is 0 Å². The van der Waals surface area contributed by atoms with Gasteiger partial charge in [-0.2, -0.15) is 5.10 Å². The van der Waals surface area contributed by atoms with Crippen LogP contribution >= 0.6 is 0 Å². The van der Waals surface area contributed by atoms with Gasteiger partial charge >= 0.3 is 0 Å². The van der Waals surface area contributed by atoms with Gasteiger partial charge in [-0.3, -0.25) is 14.4 Å². The van der Waals surface area contributed by atoms with E-state index in [1.807, 2.05) is 22.8 Å². The van der Waals surface area contributed by atoms with Crippen molar-refractivity contribution in [3.05, 3.63) is 29.5 Å². The molecule has 4 rings (SSSR count). The molecule has 0 saturated carbocycles. The summed E-state index contributed by atoms with van der Waals surface area (Å²) in [5.41, 5.74) is 9.73. The van der Waals surface area contributed by atoms with E-state index in [0.29, 0.717) is 12.5 Å². The maximum Gasteiger partial charge on any atom is 0.239 e. The summed E-state index contributed by atoms with van der Waals surface area (Å²) in [5, 5.41) is 8.86. The Kier molecular flexibility index (Phi) is 5.66. The lowest BCUT2D eigenvalue weighted by Gasteiger charge is -2.41. The van der Waals surface area contributed by atoms with E-state index in [9.17, 15) is 4.79 Å². The fourth-order valence-corrected chi connectivity index (χ4v) is 4.80. The van der Waals surface area contributed by atoms with E-state index < -0.39 is 6.04 Å². The molecule has 1 atom stereocenters. The number of carbonyl (C=O) groups is 1. The third-order valence-corrected chi connectivity index (χ3v) is 6.31. The summed E-state index contributed by atoms with van der Waals surface area (Å²) in [6.45, 7) is 7.80. The molecule has 2 saturated heterocycles. The van der Waals surface area contributed by atoms with Gasteiger partial charge in [0.2, 0.25) is 5.91 Å². The minimum Gasteiger partial charge on any atom is -0.339 e. The average molecular weight is 385 g/mol. The first-order chi connectivity index (χ1) is 13.5. The Hall–Kier alpha value is -1.96. The van der Waals surface area contributed by atoms with Gasteiger partial charge in [0.15, 0.2) is 0 Å². The molecule has 1 unspecified atom stereocenters. The predicted octanol–water partition coefficient (Wildman–Crippen LogP) is 0.648. The molecule has 2 aromatic rings. The van der Waals surface area contributed by atoms with E-state index in [4.69, 9.17) is 5.73 Å². The van der Waals surface area contributed by atoms with Crippen molar-refractivity contribution in [2.24, 2.45) is 12.8 Å². The van der Waals surface area contributed by atoms with Crippen LogP contribution in [-0.2, 0) is 18.3 Å². The van der Waals surface area contributed by atoms with Crippen LogP contribution in [0.4, 0.5) is 0 Å². The topological polar surface area (TPSA) is 79.4 Å². The Morgan fingerprint density at radius 2 is 1.96 bits per heavy atom. The Balaban J connectivity index is 1.35. The zero-order valence-electron chi connectivity index (χ0n) is 17.0. The van der Waals surface area contributed by atoms with Gasteiger partial charge in [-0.25, -0.2) is 0 Å². The van der Waals surface area contributed by atoms with Gasteiger partial charge in [0, 0.05) is 44.7 Å². The first-order valence-electron chi connectivity index (χ1n) is 10.4. The lowest BCUT2D eigenvalue weighted by molar-refractivity contribution is -0.134. The monoisotopic (exact) mass is 384 g/mol. The minimum absolute atomic E-state index is 0.0777. The Morgan fingerprint density at radius 1 is 1.25 bits per heavy atom. The van der Waals surface area contributed by atoms with Gasteiger partial charge in [-0.15, -0.1) is 0 Å². The summed E-state index contributed by atoms with van der Waals surface area (Å²) in [6.07, 6.45) is 4.87. The average Bonchev–Trinajstić information content (AvgIpc) is 3.09. The van der Waals surface area contributed by atoms with E-state index in [0.717, 1.165) is 55.7 Å². The molecule has 0 spiro atoms. The normalized spacial score (nSPS) is 20.6. The number of piperazine rings is 1. The molecule has 7 heteroatoms. The Bertz CT molecular complexity index is 833. The van der Waals surface area contributed by atoms with E-state index in [1.54, 1.807) is 0 Å². The number of carbonyl (C=O) groups excluding carboxylic acids is 1. The second-order valence-corrected chi connectivity index (χ2v) is 8.27. The maximum absolute atomic E-state index is 12.9. The molecule has 1 aromatic heterocycles.